The van der Waals surface area contributed by atoms with Crippen LogP contribution in [-0.4, -0.2) is 23.4 Å². The highest BCUT2D eigenvalue weighted by Gasteiger charge is 2.41. The second kappa shape index (κ2) is 11.4. The van der Waals surface area contributed by atoms with Gasteiger partial charge in [-0.2, -0.15) is 0 Å². The molecule has 0 saturated carbocycles. The summed E-state index contributed by atoms with van der Waals surface area (Å²) < 4.78 is 10.8. The number of rotatable bonds is 10. The number of ether oxygens (including phenoxy) is 2. The standard InChI is InChI=1S/C25H23NO6/c27-24(31-17-19-10-4-1-5-11-19)23(25(28)32-18-20-12-6-2-7-13-20)22(16-26(29)30)21-14-8-3-9-15-21/h1-15,22-23H,16-18H2. The van der Waals surface area contributed by atoms with Crippen molar-refractivity contribution < 1.29 is 24.0 Å². The van der Waals surface area contributed by atoms with Gasteiger partial charge in [-0.25, -0.2) is 0 Å². The van der Waals surface area contributed by atoms with Crippen molar-refractivity contribution in [2.24, 2.45) is 5.92 Å². The van der Waals surface area contributed by atoms with Gasteiger partial charge >= 0.3 is 11.9 Å². The molecule has 32 heavy (non-hydrogen) atoms. The Morgan fingerprint density at radius 1 is 0.719 bits per heavy atom. The zero-order chi connectivity index (χ0) is 22.8. The van der Waals surface area contributed by atoms with Crippen molar-refractivity contribution in [3.05, 3.63) is 118 Å². The van der Waals surface area contributed by atoms with Gasteiger partial charge in [-0.15, -0.1) is 0 Å². The lowest BCUT2D eigenvalue weighted by atomic mass is 9.86. The number of esters is 2. The summed E-state index contributed by atoms with van der Waals surface area (Å²) in [5.41, 5.74) is 1.97. The lowest BCUT2D eigenvalue weighted by Crippen LogP contribution is -2.36. The molecule has 0 saturated heterocycles. The van der Waals surface area contributed by atoms with E-state index in [1.54, 1.807) is 78.9 Å². The van der Waals surface area contributed by atoms with E-state index in [1.165, 1.54) is 0 Å². The van der Waals surface area contributed by atoms with E-state index in [2.05, 4.69) is 0 Å². The first kappa shape index (κ1) is 22.7. The minimum absolute atomic E-state index is 0.0535. The molecule has 7 heteroatoms. The van der Waals surface area contributed by atoms with Gasteiger partial charge in [-0.05, 0) is 16.7 Å². The topological polar surface area (TPSA) is 95.7 Å². The van der Waals surface area contributed by atoms with E-state index in [-0.39, 0.29) is 13.2 Å². The highest BCUT2D eigenvalue weighted by atomic mass is 16.6. The minimum atomic E-state index is -1.48. The van der Waals surface area contributed by atoms with Crippen LogP contribution in [0.2, 0.25) is 0 Å². The van der Waals surface area contributed by atoms with Gasteiger partial charge < -0.3 is 9.47 Å². The number of nitrogens with zero attached hydrogens (tertiary/aromatic N) is 1. The maximum absolute atomic E-state index is 13.0. The van der Waals surface area contributed by atoms with Crippen molar-refractivity contribution in [2.75, 3.05) is 6.54 Å². The van der Waals surface area contributed by atoms with E-state index in [1.807, 2.05) is 12.1 Å². The van der Waals surface area contributed by atoms with Crippen LogP contribution in [0.1, 0.15) is 22.6 Å². The van der Waals surface area contributed by atoms with Crippen molar-refractivity contribution in [3.8, 4) is 0 Å². The molecule has 3 aromatic rings. The Balaban J connectivity index is 1.84. The first-order chi connectivity index (χ1) is 15.5. The predicted molar refractivity (Wildman–Crippen MR) is 117 cm³/mol. The lowest BCUT2D eigenvalue weighted by Gasteiger charge is -2.22. The van der Waals surface area contributed by atoms with E-state index in [0.29, 0.717) is 5.56 Å². The summed E-state index contributed by atoms with van der Waals surface area (Å²) in [5, 5.41) is 11.4. The van der Waals surface area contributed by atoms with Gasteiger partial charge in [-0.3, -0.25) is 19.7 Å². The van der Waals surface area contributed by atoms with Crippen LogP contribution < -0.4 is 0 Å². The Kier molecular flexibility index (Phi) is 8.09. The quantitative estimate of drug-likeness (QED) is 0.206. The van der Waals surface area contributed by atoms with Crippen LogP contribution in [0.3, 0.4) is 0 Å². The molecule has 0 amide bonds. The predicted octanol–water partition coefficient (Wildman–Crippen LogP) is 4.15. The highest BCUT2D eigenvalue weighted by Crippen LogP contribution is 2.28. The Hall–Kier alpha value is -4.00. The molecule has 164 valence electrons. The van der Waals surface area contributed by atoms with Crippen LogP contribution in [0, 0.1) is 16.0 Å². The Morgan fingerprint density at radius 3 is 1.53 bits per heavy atom. The van der Waals surface area contributed by atoms with Crippen molar-refractivity contribution in [1.82, 2.24) is 0 Å². The van der Waals surface area contributed by atoms with Crippen LogP contribution in [0.4, 0.5) is 0 Å². The van der Waals surface area contributed by atoms with Gasteiger partial charge in [0.1, 0.15) is 13.2 Å². The molecule has 0 bridgehead atoms. The van der Waals surface area contributed by atoms with Crippen LogP contribution in [0.25, 0.3) is 0 Å². The number of nitro groups is 1. The third kappa shape index (κ3) is 6.50. The number of hydrogen-bond donors (Lipinski definition) is 0. The van der Waals surface area contributed by atoms with Gasteiger partial charge in [0, 0.05) is 4.92 Å². The Labute approximate surface area is 185 Å². The number of benzene rings is 3. The monoisotopic (exact) mass is 433 g/mol. The normalized spacial score (nSPS) is 11.5. The second-order valence-electron chi connectivity index (χ2n) is 7.20. The second-order valence-corrected chi connectivity index (χ2v) is 7.20. The number of carbonyl (C=O) groups is 2. The van der Waals surface area contributed by atoms with E-state index in [4.69, 9.17) is 9.47 Å². The van der Waals surface area contributed by atoms with Crippen molar-refractivity contribution in [3.63, 3.8) is 0 Å². The smallest absolute Gasteiger partial charge is 0.321 e. The molecular formula is C25H23NO6. The van der Waals surface area contributed by atoms with Crippen LogP contribution in [0.15, 0.2) is 91.0 Å². The van der Waals surface area contributed by atoms with E-state index in [0.717, 1.165) is 11.1 Å². The molecule has 1 unspecified atom stereocenters. The summed E-state index contributed by atoms with van der Waals surface area (Å²) in [6.07, 6.45) is 0. The van der Waals surface area contributed by atoms with Gasteiger partial charge in [-0.1, -0.05) is 91.0 Å². The summed E-state index contributed by atoms with van der Waals surface area (Å²) in [6, 6.07) is 26.4. The molecule has 0 aromatic heterocycles. The largest absolute Gasteiger partial charge is 0.460 e. The fourth-order valence-corrected chi connectivity index (χ4v) is 3.33. The molecule has 0 spiro atoms. The van der Waals surface area contributed by atoms with Crippen LogP contribution in [-0.2, 0) is 32.3 Å². The molecule has 0 aliphatic carbocycles. The summed E-state index contributed by atoms with van der Waals surface area (Å²) in [7, 11) is 0. The first-order valence-corrected chi connectivity index (χ1v) is 10.1. The van der Waals surface area contributed by atoms with Gasteiger partial charge in [0.05, 0.1) is 5.92 Å². The summed E-state index contributed by atoms with van der Waals surface area (Å²) in [6.45, 7) is -0.722. The van der Waals surface area contributed by atoms with Crippen molar-refractivity contribution >= 4 is 11.9 Å². The maximum Gasteiger partial charge on any atom is 0.321 e. The highest BCUT2D eigenvalue weighted by molar-refractivity contribution is 5.96. The van der Waals surface area contributed by atoms with Crippen molar-refractivity contribution in [1.29, 1.82) is 0 Å². The average Bonchev–Trinajstić information content (AvgIpc) is 2.82. The van der Waals surface area contributed by atoms with Gasteiger partial charge in [0.2, 0.25) is 6.54 Å². The van der Waals surface area contributed by atoms with Gasteiger partial charge in [0.15, 0.2) is 5.92 Å². The molecule has 1 atom stereocenters. The molecule has 0 aliphatic rings. The Bertz CT molecular complexity index is 969. The zero-order valence-corrected chi connectivity index (χ0v) is 17.3. The lowest BCUT2D eigenvalue weighted by molar-refractivity contribution is -0.484. The SMILES string of the molecule is O=C(OCc1ccccc1)C(C(=O)OCc1ccccc1)C(C[N+](=O)[O-])c1ccccc1. The summed E-state index contributed by atoms with van der Waals surface area (Å²) in [4.78, 5) is 36.9. The molecule has 0 heterocycles. The van der Waals surface area contributed by atoms with Crippen molar-refractivity contribution in [2.45, 2.75) is 19.1 Å². The van der Waals surface area contributed by atoms with E-state index < -0.39 is 35.2 Å². The Morgan fingerprint density at radius 2 is 1.12 bits per heavy atom. The summed E-state index contributed by atoms with van der Waals surface area (Å²) in [5.74, 6) is -4.22. The first-order valence-electron chi connectivity index (χ1n) is 10.1. The molecule has 3 aromatic carbocycles. The fraction of sp³-hybridized carbons (Fsp3) is 0.200. The zero-order valence-electron chi connectivity index (χ0n) is 17.3. The molecule has 0 aliphatic heterocycles. The van der Waals surface area contributed by atoms with E-state index in [9.17, 15) is 19.7 Å². The number of carbonyl (C=O) groups excluding carboxylic acids is 2. The molecule has 0 radical (unpaired) electrons. The third-order valence-corrected chi connectivity index (χ3v) is 4.93. The molecule has 7 nitrogen and oxygen atoms in total. The third-order valence-electron chi connectivity index (χ3n) is 4.93. The minimum Gasteiger partial charge on any atom is -0.460 e. The van der Waals surface area contributed by atoms with Crippen LogP contribution >= 0.6 is 0 Å². The fourth-order valence-electron chi connectivity index (χ4n) is 3.33. The average molecular weight is 433 g/mol. The summed E-state index contributed by atoms with van der Waals surface area (Å²) >= 11 is 0. The molecule has 0 fully saturated rings. The molecule has 0 N–H and O–H groups in total. The van der Waals surface area contributed by atoms with Crippen LogP contribution in [0.5, 0.6) is 0 Å². The maximum atomic E-state index is 13.0. The molecular weight excluding hydrogens is 410 g/mol. The van der Waals surface area contributed by atoms with E-state index >= 15 is 0 Å². The van der Waals surface area contributed by atoms with Gasteiger partial charge in [0.25, 0.3) is 0 Å². The molecule has 3 rings (SSSR count). The number of hydrogen-bond acceptors (Lipinski definition) is 6.